The highest BCUT2D eigenvalue weighted by molar-refractivity contribution is 5.93. The van der Waals surface area contributed by atoms with E-state index in [0.717, 1.165) is 30.6 Å². The largest absolute Gasteiger partial charge is 0.399 e. The fourth-order valence-corrected chi connectivity index (χ4v) is 3.04. The molecule has 1 atom stereocenters. The molecular formula is C16H20N4O. The molecule has 0 saturated carbocycles. The maximum absolute atomic E-state index is 12.4. The molecule has 0 aliphatic heterocycles. The summed E-state index contributed by atoms with van der Waals surface area (Å²) in [7, 11) is 1.79. The van der Waals surface area contributed by atoms with Gasteiger partial charge in [-0.05, 0) is 55.5 Å². The predicted molar refractivity (Wildman–Crippen MR) is 81.9 cm³/mol. The normalized spacial score (nSPS) is 17.3. The number of hydrogen-bond acceptors (Lipinski definition) is 3. The SMILES string of the molecule is Cc1cc(C(=O)NC2CCCc3cc(N)ccc32)n(C)n1. The number of aryl methyl sites for hydroxylation is 3. The summed E-state index contributed by atoms with van der Waals surface area (Å²) in [6.07, 6.45) is 3.04. The summed E-state index contributed by atoms with van der Waals surface area (Å²) < 4.78 is 1.62. The maximum atomic E-state index is 12.4. The number of benzene rings is 1. The number of fused-ring (bicyclic) bond motifs is 1. The first-order valence-electron chi connectivity index (χ1n) is 7.24. The third-order valence-electron chi connectivity index (χ3n) is 4.02. The molecule has 0 bridgehead atoms. The van der Waals surface area contributed by atoms with E-state index in [1.54, 1.807) is 11.7 Å². The van der Waals surface area contributed by atoms with Gasteiger partial charge < -0.3 is 11.1 Å². The number of nitrogen functional groups attached to an aromatic ring is 1. The number of nitrogens with zero attached hydrogens (tertiary/aromatic N) is 2. The number of rotatable bonds is 2. The average Bonchev–Trinajstić information content (AvgIpc) is 2.77. The second-order valence-electron chi connectivity index (χ2n) is 5.67. The van der Waals surface area contributed by atoms with Crippen LogP contribution >= 0.6 is 0 Å². The minimum Gasteiger partial charge on any atom is -0.399 e. The molecule has 1 aliphatic rings. The lowest BCUT2D eigenvalue weighted by Gasteiger charge is -2.26. The number of carbonyl (C=O) groups excluding carboxylic acids is 1. The Hall–Kier alpha value is -2.30. The highest BCUT2D eigenvalue weighted by Crippen LogP contribution is 2.31. The third kappa shape index (κ3) is 2.63. The van der Waals surface area contributed by atoms with Crippen molar-refractivity contribution in [3.63, 3.8) is 0 Å². The highest BCUT2D eigenvalue weighted by Gasteiger charge is 2.23. The lowest BCUT2D eigenvalue weighted by Crippen LogP contribution is -2.32. The van der Waals surface area contributed by atoms with Crippen molar-refractivity contribution in [1.29, 1.82) is 0 Å². The molecule has 1 aromatic heterocycles. The van der Waals surface area contributed by atoms with Crippen LogP contribution in [-0.2, 0) is 13.5 Å². The summed E-state index contributed by atoms with van der Waals surface area (Å²) in [5.41, 5.74) is 10.5. The molecule has 3 rings (SSSR count). The zero-order valence-electron chi connectivity index (χ0n) is 12.4. The van der Waals surface area contributed by atoms with Crippen molar-refractivity contribution in [3.8, 4) is 0 Å². The van der Waals surface area contributed by atoms with Gasteiger partial charge in [-0.25, -0.2) is 0 Å². The first-order valence-corrected chi connectivity index (χ1v) is 7.24. The molecule has 3 N–H and O–H groups in total. The van der Waals surface area contributed by atoms with Gasteiger partial charge in [-0.3, -0.25) is 9.48 Å². The summed E-state index contributed by atoms with van der Waals surface area (Å²) in [6, 6.07) is 7.81. The molecular weight excluding hydrogens is 264 g/mol. The fourth-order valence-electron chi connectivity index (χ4n) is 3.04. The van der Waals surface area contributed by atoms with Crippen molar-refractivity contribution in [2.24, 2.45) is 7.05 Å². The molecule has 21 heavy (non-hydrogen) atoms. The first-order chi connectivity index (χ1) is 10.0. The van der Waals surface area contributed by atoms with E-state index in [1.807, 2.05) is 31.2 Å². The Morgan fingerprint density at radius 2 is 2.24 bits per heavy atom. The van der Waals surface area contributed by atoms with Crippen molar-refractivity contribution in [2.75, 3.05) is 5.73 Å². The molecule has 1 amide bonds. The Labute approximate surface area is 124 Å². The standard InChI is InChI=1S/C16H20N4O/c1-10-8-15(20(2)19-10)16(21)18-14-5-3-4-11-9-12(17)6-7-13(11)14/h6-9,14H,3-5,17H2,1-2H3,(H,18,21). The smallest absolute Gasteiger partial charge is 0.270 e. The summed E-state index contributed by atoms with van der Waals surface area (Å²) in [5, 5.41) is 7.34. The second-order valence-corrected chi connectivity index (χ2v) is 5.67. The molecule has 1 aromatic carbocycles. The fraction of sp³-hybridized carbons (Fsp3) is 0.375. The van der Waals surface area contributed by atoms with Gasteiger partial charge in [-0.2, -0.15) is 5.10 Å². The van der Waals surface area contributed by atoms with Crippen LogP contribution in [-0.4, -0.2) is 15.7 Å². The number of anilines is 1. The van der Waals surface area contributed by atoms with Crippen LogP contribution in [0.25, 0.3) is 0 Å². The summed E-state index contributed by atoms with van der Waals surface area (Å²) in [6.45, 7) is 1.88. The molecule has 0 saturated heterocycles. The molecule has 1 heterocycles. The van der Waals surface area contributed by atoms with Crippen molar-refractivity contribution >= 4 is 11.6 Å². The van der Waals surface area contributed by atoms with Crippen LogP contribution in [0, 0.1) is 6.92 Å². The maximum Gasteiger partial charge on any atom is 0.270 e. The summed E-state index contributed by atoms with van der Waals surface area (Å²) in [4.78, 5) is 12.4. The monoisotopic (exact) mass is 284 g/mol. The van der Waals surface area contributed by atoms with E-state index in [1.165, 1.54) is 11.1 Å². The van der Waals surface area contributed by atoms with Crippen molar-refractivity contribution < 1.29 is 4.79 Å². The Morgan fingerprint density at radius 3 is 2.95 bits per heavy atom. The van der Waals surface area contributed by atoms with E-state index in [-0.39, 0.29) is 11.9 Å². The molecule has 1 aliphatic carbocycles. The van der Waals surface area contributed by atoms with Gasteiger partial charge in [0.25, 0.3) is 5.91 Å². The van der Waals surface area contributed by atoms with E-state index in [0.29, 0.717) is 5.69 Å². The lowest BCUT2D eigenvalue weighted by molar-refractivity contribution is 0.0923. The second kappa shape index (κ2) is 5.24. The van der Waals surface area contributed by atoms with E-state index in [2.05, 4.69) is 10.4 Å². The number of nitrogens with one attached hydrogen (secondary N) is 1. The first kappa shape index (κ1) is 13.7. The Morgan fingerprint density at radius 1 is 1.43 bits per heavy atom. The Kier molecular flexibility index (Phi) is 3.41. The topological polar surface area (TPSA) is 72.9 Å². The van der Waals surface area contributed by atoms with Crippen LogP contribution in [0.5, 0.6) is 0 Å². The highest BCUT2D eigenvalue weighted by atomic mass is 16.2. The van der Waals surface area contributed by atoms with Crippen LogP contribution < -0.4 is 11.1 Å². The summed E-state index contributed by atoms with van der Waals surface area (Å²) in [5.74, 6) is -0.0761. The van der Waals surface area contributed by atoms with Gasteiger partial charge in [0.2, 0.25) is 0 Å². The average molecular weight is 284 g/mol. The van der Waals surface area contributed by atoms with Crippen LogP contribution in [0.3, 0.4) is 0 Å². The zero-order valence-corrected chi connectivity index (χ0v) is 12.4. The van der Waals surface area contributed by atoms with E-state index >= 15 is 0 Å². The minimum absolute atomic E-state index is 0.0528. The molecule has 0 spiro atoms. The van der Waals surface area contributed by atoms with E-state index in [9.17, 15) is 4.79 Å². The van der Waals surface area contributed by atoms with Crippen LogP contribution in [0.15, 0.2) is 24.3 Å². The van der Waals surface area contributed by atoms with Gasteiger partial charge in [0.1, 0.15) is 5.69 Å². The van der Waals surface area contributed by atoms with Crippen LogP contribution in [0.2, 0.25) is 0 Å². The number of nitrogens with two attached hydrogens (primary N) is 1. The number of hydrogen-bond donors (Lipinski definition) is 2. The third-order valence-corrected chi connectivity index (χ3v) is 4.02. The van der Waals surface area contributed by atoms with Crippen molar-refractivity contribution in [1.82, 2.24) is 15.1 Å². The van der Waals surface area contributed by atoms with Gasteiger partial charge in [-0.15, -0.1) is 0 Å². The van der Waals surface area contributed by atoms with Gasteiger partial charge in [0.05, 0.1) is 11.7 Å². The minimum atomic E-state index is -0.0761. The number of amides is 1. The van der Waals surface area contributed by atoms with E-state index < -0.39 is 0 Å². The van der Waals surface area contributed by atoms with Gasteiger partial charge in [0.15, 0.2) is 0 Å². The molecule has 1 unspecified atom stereocenters. The molecule has 0 fully saturated rings. The molecule has 0 radical (unpaired) electrons. The quantitative estimate of drug-likeness (QED) is 0.830. The van der Waals surface area contributed by atoms with Gasteiger partial charge >= 0.3 is 0 Å². The Bertz CT molecular complexity index is 690. The number of carbonyl (C=O) groups is 1. The molecule has 2 aromatic rings. The Balaban J connectivity index is 1.83. The summed E-state index contributed by atoms with van der Waals surface area (Å²) >= 11 is 0. The van der Waals surface area contributed by atoms with Gasteiger partial charge in [-0.1, -0.05) is 6.07 Å². The van der Waals surface area contributed by atoms with Crippen molar-refractivity contribution in [2.45, 2.75) is 32.2 Å². The predicted octanol–water partition coefficient (Wildman–Crippen LogP) is 2.12. The zero-order chi connectivity index (χ0) is 15.0. The van der Waals surface area contributed by atoms with Crippen molar-refractivity contribution in [3.05, 3.63) is 46.8 Å². The van der Waals surface area contributed by atoms with Crippen LogP contribution in [0.1, 0.15) is 46.2 Å². The number of aromatic nitrogens is 2. The lowest BCUT2D eigenvalue weighted by atomic mass is 9.87. The van der Waals surface area contributed by atoms with Crippen LogP contribution in [0.4, 0.5) is 5.69 Å². The van der Waals surface area contributed by atoms with Gasteiger partial charge in [0, 0.05) is 12.7 Å². The molecule has 5 nitrogen and oxygen atoms in total. The molecule has 5 heteroatoms. The molecule has 110 valence electrons. The van der Waals surface area contributed by atoms with E-state index in [4.69, 9.17) is 5.73 Å².